The lowest BCUT2D eigenvalue weighted by molar-refractivity contribution is -0.121. The van der Waals surface area contributed by atoms with Crippen molar-refractivity contribution in [1.29, 1.82) is 0 Å². The molecule has 1 aliphatic heterocycles. The zero-order valence-electron chi connectivity index (χ0n) is 7.27. The van der Waals surface area contributed by atoms with Crippen molar-refractivity contribution in [3.63, 3.8) is 0 Å². The molecule has 0 radical (unpaired) electrons. The van der Waals surface area contributed by atoms with Crippen LogP contribution in [0.25, 0.3) is 0 Å². The number of carbonyl (C=O) groups excluding carboxylic acids is 1. The average molecular weight is 180 g/mol. The maximum Gasteiger partial charge on any atom is 0.210 e. The fourth-order valence-electron chi connectivity index (χ4n) is 1.59. The van der Waals surface area contributed by atoms with Crippen LogP contribution in [0.2, 0.25) is 0 Å². The van der Waals surface area contributed by atoms with Crippen LogP contribution in [0.4, 0.5) is 0 Å². The predicted molar refractivity (Wildman–Crippen MR) is 47.1 cm³/mol. The van der Waals surface area contributed by atoms with Gasteiger partial charge in [-0.05, 0) is 12.1 Å². The van der Waals surface area contributed by atoms with Crippen molar-refractivity contribution >= 4 is 6.41 Å². The highest BCUT2D eigenvalue weighted by molar-refractivity contribution is 5.48. The first-order chi connectivity index (χ1) is 6.42. The molecule has 4 nitrogen and oxygen atoms in total. The van der Waals surface area contributed by atoms with Gasteiger partial charge in [-0.3, -0.25) is 4.79 Å². The number of amides is 1. The molecule has 0 aromatic carbocycles. The van der Waals surface area contributed by atoms with Gasteiger partial charge in [-0.1, -0.05) is 0 Å². The zero-order chi connectivity index (χ0) is 9.10. The van der Waals surface area contributed by atoms with Gasteiger partial charge < -0.3 is 14.6 Å². The van der Waals surface area contributed by atoms with Crippen molar-refractivity contribution in [1.82, 2.24) is 10.2 Å². The molecular weight excluding hydrogens is 168 g/mol. The van der Waals surface area contributed by atoms with Gasteiger partial charge >= 0.3 is 0 Å². The predicted octanol–water partition coefficient (Wildman–Crippen LogP) is 0.382. The van der Waals surface area contributed by atoms with E-state index in [9.17, 15) is 4.79 Å². The summed E-state index contributed by atoms with van der Waals surface area (Å²) in [5.41, 5.74) is 0. The molecule has 1 saturated heterocycles. The Morgan fingerprint density at radius 3 is 3.31 bits per heavy atom. The van der Waals surface area contributed by atoms with Crippen LogP contribution in [0.15, 0.2) is 22.8 Å². The molecule has 1 unspecified atom stereocenters. The molecule has 1 aromatic rings. The van der Waals surface area contributed by atoms with Crippen LogP contribution in [0.1, 0.15) is 11.8 Å². The molecule has 1 fully saturated rings. The van der Waals surface area contributed by atoms with Gasteiger partial charge in [0.1, 0.15) is 11.8 Å². The van der Waals surface area contributed by atoms with E-state index in [0.29, 0.717) is 0 Å². The number of furan rings is 1. The largest absolute Gasteiger partial charge is 0.467 e. The summed E-state index contributed by atoms with van der Waals surface area (Å²) in [6.45, 7) is 2.37. The minimum atomic E-state index is 0.0567. The molecule has 70 valence electrons. The van der Waals surface area contributed by atoms with E-state index in [0.717, 1.165) is 31.8 Å². The third-order valence-electron chi connectivity index (χ3n) is 2.29. The van der Waals surface area contributed by atoms with Crippen LogP contribution in [0, 0.1) is 0 Å². The highest BCUT2D eigenvalue weighted by atomic mass is 16.3. The molecule has 0 spiro atoms. The van der Waals surface area contributed by atoms with Gasteiger partial charge in [0.2, 0.25) is 6.41 Å². The molecule has 1 atom stereocenters. The summed E-state index contributed by atoms with van der Waals surface area (Å²) in [7, 11) is 0. The second kappa shape index (κ2) is 3.62. The summed E-state index contributed by atoms with van der Waals surface area (Å²) >= 11 is 0. The number of hydrogen-bond donors (Lipinski definition) is 1. The van der Waals surface area contributed by atoms with Crippen molar-refractivity contribution in [3.05, 3.63) is 24.2 Å². The molecular formula is C9H12N2O2. The van der Waals surface area contributed by atoms with Gasteiger partial charge in [0, 0.05) is 19.6 Å². The molecule has 2 rings (SSSR count). The SMILES string of the molecule is O=CN1CCNCC1c1ccco1. The van der Waals surface area contributed by atoms with E-state index in [1.807, 2.05) is 12.1 Å². The highest BCUT2D eigenvalue weighted by Gasteiger charge is 2.23. The van der Waals surface area contributed by atoms with Crippen LogP contribution in [0.5, 0.6) is 0 Å². The number of nitrogens with zero attached hydrogens (tertiary/aromatic N) is 1. The number of hydrogen-bond acceptors (Lipinski definition) is 3. The van der Waals surface area contributed by atoms with Crippen molar-refractivity contribution in [3.8, 4) is 0 Å². The molecule has 1 aromatic heterocycles. The van der Waals surface area contributed by atoms with Crippen LogP contribution >= 0.6 is 0 Å². The summed E-state index contributed by atoms with van der Waals surface area (Å²) in [4.78, 5) is 12.5. The Morgan fingerprint density at radius 1 is 1.69 bits per heavy atom. The lowest BCUT2D eigenvalue weighted by Crippen LogP contribution is -2.45. The quantitative estimate of drug-likeness (QED) is 0.669. The number of nitrogens with one attached hydrogen (secondary N) is 1. The molecule has 0 aliphatic carbocycles. The smallest absolute Gasteiger partial charge is 0.210 e. The average Bonchev–Trinajstić information content (AvgIpc) is 2.70. The third-order valence-corrected chi connectivity index (χ3v) is 2.29. The molecule has 1 amide bonds. The molecule has 1 aliphatic rings. The first-order valence-corrected chi connectivity index (χ1v) is 4.37. The Morgan fingerprint density at radius 2 is 2.62 bits per heavy atom. The monoisotopic (exact) mass is 180 g/mol. The topological polar surface area (TPSA) is 45.5 Å². The van der Waals surface area contributed by atoms with E-state index in [-0.39, 0.29) is 6.04 Å². The van der Waals surface area contributed by atoms with E-state index < -0.39 is 0 Å². The van der Waals surface area contributed by atoms with Gasteiger partial charge in [0.05, 0.1) is 6.26 Å². The minimum Gasteiger partial charge on any atom is -0.467 e. The fourth-order valence-corrected chi connectivity index (χ4v) is 1.59. The van der Waals surface area contributed by atoms with Crippen molar-refractivity contribution in [2.24, 2.45) is 0 Å². The normalized spacial score (nSPS) is 23.1. The Kier molecular flexibility index (Phi) is 2.31. The second-order valence-electron chi connectivity index (χ2n) is 3.08. The summed E-state index contributed by atoms with van der Waals surface area (Å²) < 4.78 is 5.26. The summed E-state index contributed by atoms with van der Waals surface area (Å²) in [5.74, 6) is 0.847. The standard InChI is InChI=1S/C9H12N2O2/c12-7-11-4-3-10-6-8(11)9-2-1-5-13-9/h1-2,5,7-8,10H,3-4,6H2. The number of carbonyl (C=O) groups is 1. The van der Waals surface area contributed by atoms with Gasteiger partial charge in [-0.15, -0.1) is 0 Å². The first-order valence-electron chi connectivity index (χ1n) is 4.37. The van der Waals surface area contributed by atoms with E-state index in [1.165, 1.54) is 0 Å². The lowest BCUT2D eigenvalue weighted by atomic mass is 10.1. The number of rotatable bonds is 2. The lowest BCUT2D eigenvalue weighted by Gasteiger charge is -2.31. The van der Waals surface area contributed by atoms with Crippen LogP contribution in [0.3, 0.4) is 0 Å². The summed E-state index contributed by atoms with van der Waals surface area (Å²) in [5, 5.41) is 3.23. The van der Waals surface area contributed by atoms with Crippen LogP contribution in [-0.2, 0) is 4.79 Å². The Bertz CT molecular complexity index is 271. The van der Waals surface area contributed by atoms with E-state index in [4.69, 9.17) is 4.42 Å². The van der Waals surface area contributed by atoms with Gasteiger partial charge in [0.15, 0.2) is 0 Å². The van der Waals surface area contributed by atoms with Gasteiger partial charge in [-0.25, -0.2) is 0 Å². The van der Waals surface area contributed by atoms with E-state index in [2.05, 4.69) is 5.32 Å². The Labute approximate surface area is 76.5 Å². The third kappa shape index (κ3) is 1.58. The van der Waals surface area contributed by atoms with Gasteiger partial charge in [0.25, 0.3) is 0 Å². The zero-order valence-corrected chi connectivity index (χ0v) is 7.27. The first kappa shape index (κ1) is 8.31. The van der Waals surface area contributed by atoms with Gasteiger partial charge in [-0.2, -0.15) is 0 Å². The van der Waals surface area contributed by atoms with Crippen molar-refractivity contribution in [2.45, 2.75) is 6.04 Å². The molecule has 13 heavy (non-hydrogen) atoms. The van der Waals surface area contributed by atoms with E-state index >= 15 is 0 Å². The Balaban J connectivity index is 2.15. The molecule has 2 heterocycles. The Hall–Kier alpha value is -1.29. The molecule has 1 N–H and O–H groups in total. The number of piperazine rings is 1. The minimum absolute atomic E-state index is 0.0567. The summed E-state index contributed by atoms with van der Waals surface area (Å²) in [6.07, 6.45) is 2.51. The molecule has 0 bridgehead atoms. The second-order valence-corrected chi connectivity index (χ2v) is 3.08. The molecule has 4 heteroatoms. The van der Waals surface area contributed by atoms with Crippen LogP contribution in [-0.4, -0.2) is 30.9 Å². The van der Waals surface area contributed by atoms with Crippen molar-refractivity contribution < 1.29 is 9.21 Å². The van der Waals surface area contributed by atoms with Crippen LogP contribution < -0.4 is 5.32 Å². The maximum atomic E-state index is 10.7. The fraction of sp³-hybridized carbons (Fsp3) is 0.444. The maximum absolute atomic E-state index is 10.7. The summed E-state index contributed by atoms with van der Waals surface area (Å²) in [6, 6.07) is 3.79. The van der Waals surface area contributed by atoms with E-state index in [1.54, 1.807) is 11.2 Å². The molecule has 0 saturated carbocycles. The van der Waals surface area contributed by atoms with Crippen molar-refractivity contribution in [2.75, 3.05) is 19.6 Å². The highest BCUT2D eigenvalue weighted by Crippen LogP contribution is 2.20.